The molecule has 0 spiro atoms. The van der Waals surface area contributed by atoms with E-state index >= 15 is 4.39 Å². The molecule has 3 atom stereocenters. The van der Waals surface area contributed by atoms with Gasteiger partial charge in [0, 0.05) is 32.2 Å². The smallest absolute Gasteiger partial charge is 0.326 e. The lowest BCUT2D eigenvalue weighted by atomic mass is 9.89. The maximum Gasteiger partial charge on any atom is 0.326 e. The van der Waals surface area contributed by atoms with Gasteiger partial charge in [-0.15, -0.1) is 0 Å². The number of ketones is 1. The quantitative estimate of drug-likeness (QED) is 0.129. The number of hydrogen-bond acceptors (Lipinski definition) is 10. The molecule has 0 saturated carbocycles. The Morgan fingerprint density at radius 2 is 1.73 bits per heavy atom. The molecule has 0 fully saturated rings. The topological polar surface area (TPSA) is 250 Å². The molecule has 45 heavy (non-hydrogen) atoms. The summed E-state index contributed by atoms with van der Waals surface area (Å²) in [5.41, 5.74) is 11.8. The third-order valence-electron chi connectivity index (χ3n) is 7.30. The molecule has 8 N–H and O–H groups in total. The van der Waals surface area contributed by atoms with Crippen LogP contribution in [0.15, 0.2) is 41.2 Å². The number of nitrogens with two attached hydrogens (primary N) is 2. The van der Waals surface area contributed by atoms with Crippen molar-refractivity contribution in [2.75, 3.05) is 24.2 Å². The number of carboxylic acid groups (broad SMARTS) is 3. The van der Waals surface area contributed by atoms with E-state index in [1.54, 1.807) is 23.1 Å². The molecule has 0 radical (unpaired) electrons. The van der Waals surface area contributed by atoms with Gasteiger partial charge in [0.15, 0.2) is 5.78 Å². The maximum atomic E-state index is 15.3. The molecular formula is C29H33FN6O9. The molecule has 0 saturated heterocycles. The largest absolute Gasteiger partial charge is 0.481 e. The zero-order chi connectivity index (χ0) is 33.6. The van der Waals surface area contributed by atoms with E-state index in [9.17, 15) is 39.0 Å². The summed E-state index contributed by atoms with van der Waals surface area (Å²) in [4.78, 5) is 81.7. The fourth-order valence-corrected chi connectivity index (χ4v) is 4.78. The molecule has 3 rings (SSSR count). The van der Waals surface area contributed by atoms with Crippen molar-refractivity contribution in [1.82, 2.24) is 14.9 Å². The molecule has 1 unspecified atom stereocenters. The lowest BCUT2D eigenvalue weighted by molar-refractivity contribution is -0.149. The van der Waals surface area contributed by atoms with Crippen molar-refractivity contribution in [3.8, 4) is 0 Å². The molecule has 1 heterocycles. The van der Waals surface area contributed by atoms with Crippen LogP contribution in [-0.4, -0.2) is 85.5 Å². The number of amides is 1. The average Bonchev–Trinajstić information content (AvgIpc) is 2.97. The molecule has 0 aliphatic heterocycles. The fourth-order valence-electron chi connectivity index (χ4n) is 4.78. The number of nitrogen functional groups attached to an aromatic ring is 1. The van der Waals surface area contributed by atoms with Crippen molar-refractivity contribution < 1.29 is 43.7 Å². The van der Waals surface area contributed by atoms with Gasteiger partial charge in [0.25, 0.3) is 11.5 Å². The van der Waals surface area contributed by atoms with Crippen LogP contribution in [0.3, 0.4) is 0 Å². The summed E-state index contributed by atoms with van der Waals surface area (Å²) in [6, 6.07) is 5.34. The monoisotopic (exact) mass is 628 g/mol. The Kier molecular flexibility index (Phi) is 10.9. The standard InChI is InChI=1S/C29H33FN6O9/c1-3-36(13-14-4-8-21-17(10-14)25(40)34-29(32)33-21)15-5-6-16(19(30)11-15)26(41)35(2)22(28(44)45)12-18(27(42)43)24(39)20(31)7-9-23(37)38/h4-6,8,10-11,18,20,22H,3,7,9,12-13,31H2,1-2H3,(H,37,38)(H,42,43)(H,44,45)(H3,32,33,34,40)/t18?,20-,22-/m0/s1. The zero-order valence-corrected chi connectivity index (χ0v) is 24.4. The van der Waals surface area contributed by atoms with Gasteiger partial charge in [-0.2, -0.15) is 0 Å². The van der Waals surface area contributed by atoms with E-state index in [1.165, 1.54) is 6.07 Å². The molecule has 0 aliphatic rings. The minimum atomic E-state index is -1.96. The average molecular weight is 629 g/mol. The summed E-state index contributed by atoms with van der Waals surface area (Å²) in [5.74, 6) is -9.76. The molecule has 1 aromatic heterocycles. The van der Waals surface area contributed by atoms with Crippen LogP contribution in [0.5, 0.6) is 0 Å². The number of halogens is 1. The van der Waals surface area contributed by atoms with Crippen molar-refractivity contribution in [3.63, 3.8) is 0 Å². The number of aromatic amines is 1. The third kappa shape index (κ3) is 8.17. The minimum Gasteiger partial charge on any atom is -0.481 e. The van der Waals surface area contributed by atoms with Crippen LogP contribution in [0.2, 0.25) is 0 Å². The summed E-state index contributed by atoms with van der Waals surface area (Å²) >= 11 is 0. The number of aliphatic carboxylic acids is 3. The van der Waals surface area contributed by atoms with Gasteiger partial charge in [0.1, 0.15) is 17.8 Å². The number of nitrogens with zero attached hydrogens (tertiary/aromatic N) is 3. The second kappa shape index (κ2) is 14.4. The highest BCUT2D eigenvalue weighted by atomic mass is 19.1. The van der Waals surface area contributed by atoms with Crippen molar-refractivity contribution >= 4 is 52.1 Å². The molecule has 3 aromatic rings. The number of likely N-dealkylation sites (N-methyl/N-ethyl adjacent to an activating group) is 1. The number of hydrogen-bond donors (Lipinski definition) is 6. The van der Waals surface area contributed by atoms with E-state index in [-0.39, 0.29) is 18.9 Å². The normalized spacial score (nSPS) is 13.1. The fraction of sp³-hybridized carbons (Fsp3) is 0.345. The molecule has 240 valence electrons. The first-order valence-corrected chi connectivity index (χ1v) is 13.7. The second-order valence-corrected chi connectivity index (χ2v) is 10.3. The van der Waals surface area contributed by atoms with Crippen LogP contribution in [0.25, 0.3) is 10.9 Å². The van der Waals surface area contributed by atoms with Crippen molar-refractivity contribution in [2.45, 2.75) is 44.8 Å². The highest BCUT2D eigenvalue weighted by Gasteiger charge is 2.38. The minimum absolute atomic E-state index is 0.0201. The molecule has 0 aliphatic carbocycles. The number of Topliss-reactive ketones (excluding diaryl/α,β-unsaturated/α-hetero) is 1. The van der Waals surface area contributed by atoms with E-state index in [0.717, 1.165) is 19.2 Å². The molecular weight excluding hydrogens is 595 g/mol. The van der Waals surface area contributed by atoms with E-state index < -0.39 is 77.4 Å². The number of rotatable bonds is 15. The Bertz CT molecular complexity index is 1690. The highest BCUT2D eigenvalue weighted by Crippen LogP contribution is 2.24. The predicted octanol–water partition coefficient (Wildman–Crippen LogP) is 1.05. The first-order chi connectivity index (χ1) is 21.1. The summed E-state index contributed by atoms with van der Waals surface area (Å²) in [6.07, 6.45) is -1.77. The van der Waals surface area contributed by atoms with E-state index in [2.05, 4.69) is 9.97 Å². The van der Waals surface area contributed by atoms with Gasteiger partial charge in [0.2, 0.25) is 5.95 Å². The van der Waals surface area contributed by atoms with E-state index in [4.69, 9.17) is 16.6 Å². The number of anilines is 2. The van der Waals surface area contributed by atoms with E-state index in [1.807, 2.05) is 6.92 Å². The SMILES string of the molecule is CCN(Cc1ccc2nc(N)[nH]c(=O)c2c1)c1ccc(C(=O)N(C)[C@@H](CC(C(=O)O)C(=O)[C@@H](N)CCC(=O)O)C(=O)O)c(F)c1. The summed E-state index contributed by atoms with van der Waals surface area (Å²) in [7, 11) is 1.03. The Balaban J connectivity index is 1.81. The number of aromatic nitrogens is 2. The Hall–Kier alpha value is -5.38. The van der Waals surface area contributed by atoms with Gasteiger partial charge < -0.3 is 36.6 Å². The van der Waals surface area contributed by atoms with Crippen LogP contribution in [0.1, 0.15) is 42.1 Å². The van der Waals surface area contributed by atoms with Crippen molar-refractivity contribution in [1.29, 1.82) is 0 Å². The lowest BCUT2D eigenvalue weighted by Gasteiger charge is -2.28. The first kappa shape index (κ1) is 34.1. The predicted molar refractivity (Wildman–Crippen MR) is 159 cm³/mol. The van der Waals surface area contributed by atoms with Crippen LogP contribution >= 0.6 is 0 Å². The first-order valence-electron chi connectivity index (χ1n) is 13.7. The number of carboxylic acids is 3. The van der Waals surface area contributed by atoms with Gasteiger partial charge >= 0.3 is 17.9 Å². The van der Waals surface area contributed by atoms with Crippen LogP contribution in [-0.2, 0) is 25.7 Å². The number of fused-ring (bicyclic) bond motifs is 1. The second-order valence-electron chi connectivity index (χ2n) is 10.3. The summed E-state index contributed by atoms with van der Waals surface area (Å²) in [5, 5.41) is 28.5. The molecule has 16 heteroatoms. The van der Waals surface area contributed by atoms with Crippen molar-refractivity contribution in [2.24, 2.45) is 11.7 Å². The van der Waals surface area contributed by atoms with Gasteiger partial charge in [0.05, 0.1) is 22.5 Å². The van der Waals surface area contributed by atoms with Gasteiger partial charge in [-0.05, 0) is 55.7 Å². The van der Waals surface area contributed by atoms with Crippen molar-refractivity contribution in [3.05, 3.63) is 63.7 Å². The number of nitrogens with one attached hydrogen (secondary N) is 1. The Morgan fingerprint density at radius 1 is 1.04 bits per heavy atom. The van der Waals surface area contributed by atoms with Crippen LogP contribution in [0.4, 0.5) is 16.0 Å². The third-order valence-corrected chi connectivity index (χ3v) is 7.30. The van der Waals surface area contributed by atoms with Gasteiger partial charge in [-0.3, -0.25) is 29.0 Å². The number of carbonyl (C=O) groups excluding carboxylic acids is 2. The van der Waals surface area contributed by atoms with Crippen LogP contribution in [0, 0.1) is 11.7 Å². The Morgan fingerprint density at radius 3 is 2.31 bits per heavy atom. The summed E-state index contributed by atoms with van der Waals surface area (Å²) in [6.45, 7) is 2.47. The summed E-state index contributed by atoms with van der Waals surface area (Å²) < 4.78 is 15.3. The molecule has 1 amide bonds. The molecule has 0 bridgehead atoms. The molecule has 2 aromatic carbocycles. The van der Waals surface area contributed by atoms with Crippen LogP contribution < -0.4 is 21.9 Å². The van der Waals surface area contributed by atoms with Gasteiger partial charge in [-0.25, -0.2) is 14.2 Å². The van der Waals surface area contributed by atoms with E-state index in [0.29, 0.717) is 33.6 Å². The lowest BCUT2D eigenvalue weighted by Crippen LogP contribution is -2.48. The number of benzene rings is 2. The zero-order valence-electron chi connectivity index (χ0n) is 24.4. The number of carbonyl (C=O) groups is 5. The number of H-pyrrole nitrogens is 1. The van der Waals surface area contributed by atoms with Gasteiger partial charge in [-0.1, -0.05) is 6.07 Å². The Labute approximate surface area is 255 Å². The molecule has 15 nitrogen and oxygen atoms in total. The highest BCUT2D eigenvalue weighted by molar-refractivity contribution is 6.02. The maximum absolute atomic E-state index is 15.3.